The second kappa shape index (κ2) is 9.05. The van der Waals surface area contributed by atoms with E-state index in [1.165, 1.54) is 6.20 Å². The molecule has 0 aliphatic rings. The zero-order chi connectivity index (χ0) is 17.4. The SMILES string of the molecule is CCOC(=O)CNc1cnn(COCc2ccccc2)c(=O)c1Cl. The minimum Gasteiger partial charge on any atom is -0.465 e. The van der Waals surface area contributed by atoms with Gasteiger partial charge >= 0.3 is 5.97 Å². The number of ether oxygens (including phenoxy) is 2. The number of nitrogens with zero attached hydrogens (tertiary/aromatic N) is 2. The molecule has 8 heteroatoms. The van der Waals surface area contributed by atoms with Crippen LogP contribution in [-0.4, -0.2) is 28.9 Å². The van der Waals surface area contributed by atoms with E-state index in [2.05, 4.69) is 10.4 Å². The number of hydrogen-bond acceptors (Lipinski definition) is 6. The Kier molecular flexibility index (Phi) is 6.77. The number of rotatable bonds is 8. The molecule has 0 fully saturated rings. The van der Waals surface area contributed by atoms with Gasteiger partial charge in [0.25, 0.3) is 5.56 Å². The number of anilines is 1. The van der Waals surface area contributed by atoms with Gasteiger partial charge in [0, 0.05) is 0 Å². The maximum absolute atomic E-state index is 12.1. The van der Waals surface area contributed by atoms with Crippen LogP contribution in [0.15, 0.2) is 41.3 Å². The molecule has 0 radical (unpaired) electrons. The van der Waals surface area contributed by atoms with Crippen molar-refractivity contribution in [3.05, 3.63) is 57.5 Å². The van der Waals surface area contributed by atoms with E-state index < -0.39 is 11.5 Å². The van der Waals surface area contributed by atoms with Gasteiger partial charge in [0.1, 0.15) is 18.3 Å². The molecule has 0 saturated heterocycles. The molecule has 2 rings (SSSR count). The molecule has 0 aliphatic heterocycles. The monoisotopic (exact) mass is 351 g/mol. The highest BCUT2D eigenvalue weighted by atomic mass is 35.5. The van der Waals surface area contributed by atoms with Crippen molar-refractivity contribution in [3.8, 4) is 0 Å². The Balaban J connectivity index is 1.94. The molecule has 0 saturated carbocycles. The lowest BCUT2D eigenvalue weighted by molar-refractivity contribution is -0.140. The summed E-state index contributed by atoms with van der Waals surface area (Å²) in [5, 5.41) is 6.64. The zero-order valence-corrected chi connectivity index (χ0v) is 14.0. The lowest BCUT2D eigenvalue weighted by Crippen LogP contribution is -2.26. The molecule has 1 aromatic carbocycles. The second-order valence-electron chi connectivity index (χ2n) is 4.80. The summed E-state index contributed by atoms with van der Waals surface area (Å²) in [6.45, 7) is 2.24. The summed E-state index contributed by atoms with van der Waals surface area (Å²) in [5.41, 5.74) is 0.761. The normalized spacial score (nSPS) is 10.4. The van der Waals surface area contributed by atoms with E-state index in [0.29, 0.717) is 6.61 Å². The van der Waals surface area contributed by atoms with Crippen LogP contribution in [0.4, 0.5) is 5.69 Å². The van der Waals surface area contributed by atoms with Crippen LogP contribution in [0, 0.1) is 0 Å². The third-order valence-corrected chi connectivity index (χ3v) is 3.40. The van der Waals surface area contributed by atoms with Crippen LogP contribution in [0.5, 0.6) is 0 Å². The third-order valence-electron chi connectivity index (χ3n) is 3.04. The van der Waals surface area contributed by atoms with Crippen molar-refractivity contribution >= 4 is 23.3 Å². The van der Waals surface area contributed by atoms with E-state index in [0.717, 1.165) is 10.2 Å². The van der Waals surface area contributed by atoms with Gasteiger partial charge in [-0.05, 0) is 12.5 Å². The fraction of sp³-hybridized carbons (Fsp3) is 0.312. The first-order valence-electron chi connectivity index (χ1n) is 7.38. The summed E-state index contributed by atoms with van der Waals surface area (Å²) in [7, 11) is 0. The van der Waals surface area contributed by atoms with E-state index in [-0.39, 0.29) is 30.6 Å². The Morgan fingerprint density at radius 1 is 1.33 bits per heavy atom. The van der Waals surface area contributed by atoms with Crippen molar-refractivity contribution in [2.75, 3.05) is 18.5 Å². The Labute approximate surface area is 144 Å². The molecule has 0 unspecified atom stereocenters. The van der Waals surface area contributed by atoms with Gasteiger partial charge in [-0.2, -0.15) is 5.10 Å². The lowest BCUT2D eigenvalue weighted by atomic mass is 10.2. The van der Waals surface area contributed by atoms with Crippen molar-refractivity contribution < 1.29 is 14.3 Å². The van der Waals surface area contributed by atoms with Crippen LogP contribution in [0.2, 0.25) is 5.02 Å². The fourth-order valence-corrected chi connectivity index (χ4v) is 2.10. The van der Waals surface area contributed by atoms with Crippen LogP contribution in [0.1, 0.15) is 12.5 Å². The van der Waals surface area contributed by atoms with Crippen molar-refractivity contribution in [1.82, 2.24) is 9.78 Å². The third kappa shape index (κ3) is 5.07. The van der Waals surface area contributed by atoms with E-state index in [4.69, 9.17) is 21.1 Å². The van der Waals surface area contributed by atoms with E-state index in [1.54, 1.807) is 6.92 Å². The highest BCUT2D eigenvalue weighted by Gasteiger charge is 2.11. The van der Waals surface area contributed by atoms with Crippen LogP contribution in [0.3, 0.4) is 0 Å². The first-order valence-corrected chi connectivity index (χ1v) is 7.76. The molecular formula is C16H18ClN3O4. The van der Waals surface area contributed by atoms with Gasteiger partial charge in [-0.15, -0.1) is 0 Å². The molecule has 0 aliphatic carbocycles. The standard InChI is InChI=1S/C16H18ClN3O4/c1-2-24-14(21)9-18-13-8-19-20(16(22)15(13)17)11-23-10-12-6-4-3-5-7-12/h3-8,18H,2,9-11H2,1H3. The van der Waals surface area contributed by atoms with Gasteiger partial charge < -0.3 is 14.8 Å². The average Bonchev–Trinajstić information content (AvgIpc) is 2.59. The highest BCUT2D eigenvalue weighted by Crippen LogP contribution is 2.14. The molecule has 0 atom stereocenters. The average molecular weight is 352 g/mol. The summed E-state index contributed by atoms with van der Waals surface area (Å²) in [4.78, 5) is 23.4. The maximum Gasteiger partial charge on any atom is 0.325 e. The number of carbonyl (C=O) groups is 1. The Morgan fingerprint density at radius 2 is 2.08 bits per heavy atom. The number of esters is 1. The largest absolute Gasteiger partial charge is 0.465 e. The van der Waals surface area contributed by atoms with Gasteiger partial charge in [-0.1, -0.05) is 41.9 Å². The molecule has 24 heavy (non-hydrogen) atoms. The Hall–Kier alpha value is -2.38. The van der Waals surface area contributed by atoms with Crippen molar-refractivity contribution in [2.45, 2.75) is 20.3 Å². The molecule has 7 nitrogen and oxygen atoms in total. The van der Waals surface area contributed by atoms with Gasteiger partial charge in [0.05, 0.1) is 25.1 Å². The highest BCUT2D eigenvalue weighted by molar-refractivity contribution is 6.33. The molecule has 0 spiro atoms. The molecule has 2 aromatic rings. The van der Waals surface area contributed by atoms with E-state index in [9.17, 15) is 9.59 Å². The quantitative estimate of drug-likeness (QED) is 0.733. The number of aromatic nitrogens is 2. The fourth-order valence-electron chi connectivity index (χ4n) is 1.88. The van der Waals surface area contributed by atoms with Gasteiger partial charge in [-0.3, -0.25) is 9.59 Å². The van der Waals surface area contributed by atoms with Crippen molar-refractivity contribution in [1.29, 1.82) is 0 Å². The van der Waals surface area contributed by atoms with Crippen LogP contribution in [0.25, 0.3) is 0 Å². The molecule has 128 valence electrons. The van der Waals surface area contributed by atoms with E-state index >= 15 is 0 Å². The van der Waals surface area contributed by atoms with Crippen LogP contribution < -0.4 is 10.9 Å². The summed E-state index contributed by atoms with van der Waals surface area (Å²) in [5.74, 6) is -0.441. The van der Waals surface area contributed by atoms with E-state index in [1.807, 2.05) is 30.3 Å². The predicted molar refractivity (Wildman–Crippen MR) is 89.9 cm³/mol. The summed E-state index contributed by atoms with van der Waals surface area (Å²) in [6, 6.07) is 9.57. The molecule has 0 bridgehead atoms. The zero-order valence-electron chi connectivity index (χ0n) is 13.2. The molecular weight excluding hydrogens is 334 g/mol. The number of halogens is 1. The van der Waals surface area contributed by atoms with Crippen LogP contribution >= 0.6 is 11.6 Å². The maximum atomic E-state index is 12.1. The molecule has 0 amide bonds. The minimum absolute atomic E-state index is 0.0222. The smallest absolute Gasteiger partial charge is 0.325 e. The first-order chi connectivity index (χ1) is 11.6. The van der Waals surface area contributed by atoms with Crippen molar-refractivity contribution in [3.63, 3.8) is 0 Å². The number of benzene rings is 1. The summed E-state index contributed by atoms with van der Waals surface area (Å²) in [6.07, 6.45) is 1.37. The molecule has 1 N–H and O–H groups in total. The minimum atomic E-state index is -0.501. The Bertz CT molecular complexity index is 734. The van der Waals surface area contributed by atoms with Crippen LogP contribution in [-0.2, 0) is 27.6 Å². The topological polar surface area (TPSA) is 82.4 Å². The first kappa shape index (κ1) is 18.0. The van der Waals surface area contributed by atoms with Gasteiger partial charge in [-0.25, -0.2) is 4.68 Å². The van der Waals surface area contributed by atoms with Gasteiger partial charge in [0.2, 0.25) is 0 Å². The number of nitrogens with one attached hydrogen (secondary N) is 1. The molecule has 1 aromatic heterocycles. The Morgan fingerprint density at radius 3 is 2.79 bits per heavy atom. The number of carbonyl (C=O) groups excluding carboxylic acids is 1. The second-order valence-corrected chi connectivity index (χ2v) is 5.18. The summed E-state index contributed by atoms with van der Waals surface area (Å²) >= 11 is 6.01. The number of hydrogen-bond donors (Lipinski definition) is 1. The lowest BCUT2D eigenvalue weighted by Gasteiger charge is -2.10. The van der Waals surface area contributed by atoms with Crippen molar-refractivity contribution in [2.24, 2.45) is 0 Å². The van der Waals surface area contributed by atoms with Gasteiger partial charge in [0.15, 0.2) is 0 Å². The predicted octanol–water partition coefficient (Wildman–Crippen LogP) is 2.05. The summed E-state index contributed by atoms with van der Waals surface area (Å²) < 4.78 is 11.4. The molecule has 1 heterocycles.